The molecule has 0 atom stereocenters. The molecule has 268 valence electrons. The standard InChI is InChI=1S/C41H55N5O4/c1-28-23-32(11-14-35(28)49-5)41-19-16-40(17-20-41,18-21-41)27-45(36-24-30(15-22-42-36)31-25-43-46(26-31)39(2,3)4)37(47)29-9-12-34(13-10-29)50-38(48)44-33-7-6-8-33/h11,14-15,22-26,29,33-34H,6-10,12-13,16-21,27H2,1-5H3,(H,44,48). The van der Waals surface area contributed by atoms with Gasteiger partial charge in [-0.1, -0.05) is 12.1 Å². The van der Waals surface area contributed by atoms with Crippen LogP contribution >= 0.6 is 0 Å². The van der Waals surface area contributed by atoms with E-state index < -0.39 is 0 Å². The van der Waals surface area contributed by atoms with Crippen molar-refractivity contribution in [2.24, 2.45) is 11.3 Å². The zero-order valence-corrected chi connectivity index (χ0v) is 30.7. The molecule has 50 heavy (non-hydrogen) atoms. The number of rotatable bonds is 9. The van der Waals surface area contributed by atoms with Crippen LogP contribution in [-0.2, 0) is 20.5 Å². The molecule has 2 aromatic heterocycles. The molecule has 0 aliphatic heterocycles. The molecule has 9 nitrogen and oxygen atoms in total. The largest absolute Gasteiger partial charge is 0.496 e. The molecule has 2 bridgehead atoms. The van der Waals surface area contributed by atoms with Crippen LogP contribution < -0.4 is 15.0 Å². The number of aromatic nitrogens is 3. The molecule has 9 heteroatoms. The quantitative estimate of drug-likeness (QED) is 0.243. The predicted octanol–water partition coefficient (Wildman–Crippen LogP) is 8.48. The fourth-order valence-electron chi connectivity index (χ4n) is 8.89. The average Bonchev–Trinajstić information content (AvgIpc) is 3.62. The molecule has 0 radical (unpaired) electrons. The smallest absolute Gasteiger partial charge is 0.407 e. The third-order valence-electron chi connectivity index (χ3n) is 12.5. The van der Waals surface area contributed by atoms with Crippen molar-refractivity contribution in [2.75, 3.05) is 18.6 Å². The number of aryl methyl sites for hydroxylation is 1. The van der Waals surface area contributed by atoms with E-state index in [-0.39, 0.29) is 46.4 Å². The van der Waals surface area contributed by atoms with Gasteiger partial charge < -0.3 is 14.8 Å². The fraction of sp³-hybridized carbons (Fsp3) is 0.610. The van der Waals surface area contributed by atoms with Gasteiger partial charge in [-0.15, -0.1) is 0 Å². The lowest BCUT2D eigenvalue weighted by Crippen LogP contribution is -2.52. The van der Waals surface area contributed by atoms with Gasteiger partial charge in [-0.2, -0.15) is 5.10 Å². The number of anilines is 1. The number of hydrogen-bond donors (Lipinski definition) is 1. The monoisotopic (exact) mass is 681 g/mol. The Balaban J connectivity index is 1.10. The Morgan fingerprint density at radius 2 is 1.68 bits per heavy atom. The summed E-state index contributed by atoms with van der Waals surface area (Å²) >= 11 is 0. The van der Waals surface area contributed by atoms with Gasteiger partial charge in [0.05, 0.1) is 18.8 Å². The molecule has 3 aromatic rings. The molecule has 2 heterocycles. The van der Waals surface area contributed by atoms with Crippen LogP contribution in [0.5, 0.6) is 5.75 Å². The first-order valence-corrected chi connectivity index (χ1v) is 18.9. The highest BCUT2D eigenvalue weighted by molar-refractivity contribution is 5.95. The molecule has 5 aliphatic carbocycles. The molecule has 2 amide bonds. The number of ether oxygens (including phenoxy) is 2. The predicted molar refractivity (Wildman–Crippen MR) is 195 cm³/mol. The lowest BCUT2D eigenvalue weighted by atomic mass is 9.51. The van der Waals surface area contributed by atoms with Crippen molar-refractivity contribution in [3.8, 4) is 16.9 Å². The normalized spacial score (nSPS) is 26.6. The van der Waals surface area contributed by atoms with E-state index in [0.29, 0.717) is 32.2 Å². The summed E-state index contributed by atoms with van der Waals surface area (Å²) in [5.74, 6) is 1.69. The van der Waals surface area contributed by atoms with Crippen LogP contribution in [-0.4, -0.2) is 52.6 Å². The summed E-state index contributed by atoms with van der Waals surface area (Å²) < 4.78 is 13.3. The van der Waals surface area contributed by atoms with E-state index in [9.17, 15) is 9.59 Å². The first-order valence-electron chi connectivity index (χ1n) is 18.9. The first kappa shape index (κ1) is 34.6. The van der Waals surface area contributed by atoms with E-state index in [1.165, 1.54) is 11.1 Å². The van der Waals surface area contributed by atoms with Gasteiger partial charge in [0.1, 0.15) is 17.7 Å². The molecule has 8 rings (SSSR count). The Bertz CT molecular complexity index is 1670. The molecular formula is C41H55N5O4. The summed E-state index contributed by atoms with van der Waals surface area (Å²) in [5, 5.41) is 7.63. The Morgan fingerprint density at radius 3 is 2.28 bits per heavy atom. The Kier molecular flexibility index (Phi) is 9.46. The summed E-state index contributed by atoms with van der Waals surface area (Å²) in [5.41, 5.74) is 4.78. The third kappa shape index (κ3) is 7.02. The number of nitrogens with one attached hydrogen (secondary N) is 1. The Hall–Kier alpha value is -3.88. The van der Waals surface area contributed by atoms with Crippen LogP contribution in [0.1, 0.15) is 115 Å². The molecular weight excluding hydrogens is 626 g/mol. The zero-order valence-electron chi connectivity index (χ0n) is 30.7. The van der Waals surface area contributed by atoms with Crippen molar-refractivity contribution in [2.45, 2.75) is 134 Å². The Labute approximate surface area is 297 Å². The molecule has 5 fully saturated rings. The highest BCUT2D eigenvalue weighted by Crippen LogP contribution is 2.58. The number of fused-ring (bicyclic) bond motifs is 3. The fourth-order valence-corrected chi connectivity index (χ4v) is 8.89. The number of alkyl carbamates (subject to hydrolysis) is 1. The van der Waals surface area contributed by atoms with Gasteiger partial charge in [0, 0.05) is 36.5 Å². The van der Waals surface area contributed by atoms with E-state index in [1.807, 2.05) is 28.0 Å². The number of nitrogens with zero attached hydrogens (tertiary/aromatic N) is 4. The summed E-state index contributed by atoms with van der Waals surface area (Å²) in [7, 11) is 1.74. The third-order valence-corrected chi connectivity index (χ3v) is 12.5. The second-order valence-electron chi connectivity index (χ2n) is 16.8. The minimum absolute atomic E-state index is 0.0631. The molecule has 1 aromatic carbocycles. The van der Waals surface area contributed by atoms with E-state index in [2.05, 4.69) is 68.6 Å². The van der Waals surface area contributed by atoms with Crippen molar-refractivity contribution in [3.05, 3.63) is 60.0 Å². The van der Waals surface area contributed by atoms with E-state index in [1.54, 1.807) is 7.11 Å². The van der Waals surface area contributed by atoms with E-state index in [0.717, 1.165) is 80.5 Å². The van der Waals surface area contributed by atoms with Gasteiger partial charge in [-0.05, 0) is 157 Å². The average molecular weight is 682 g/mol. The van der Waals surface area contributed by atoms with Crippen molar-refractivity contribution >= 4 is 17.8 Å². The van der Waals surface area contributed by atoms with Crippen LogP contribution in [0.25, 0.3) is 11.1 Å². The number of hydrogen-bond acceptors (Lipinski definition) is 6. The number of amides is 2. The summed E-state index contributed by atoms with van der Waals surface area (Å²) in [6.07, 6.45) is 18.1. The number of methoxy groups -OCH3 is 1. The van der Waals surface area contributed by atoms with Crippen molar-refractivity contribution < 1.29 is 19.1 Å². The summed E-state index contributed by atoms with van der Waals surface area (Å²) in [6, 6.07) is 11.1. The van der Waals surface area contributed by atoms with E-state index >= 15 is 0 Å². The second kappa shape index (κ2) is 13.7. The maximum atomic E-state index is 14.7. The highest BCUT2D eigenvalue weighted by atomic mass is 16.6. The number of benzene rings is 1. The van der Waals surface area contributed by atoms with Gasteiger partial charge in [0.15, 0.2) is 0 Å². The molecule has 1 N–H and O–H groups in total. The lowest BCUT2D eigenvalue weighted by Gasteiger charge is -2.55. The van der Waals surface area contributed by atoms with Crippen LogP contribution in [0.4, 0.5) is 10.6 Å². The van der Waals surface area contributed by atoms with Crippen LogP contribution in [0.2, 0.25) is 0 Å². The molecule has 0 saturated heterocycles. The summed E-state index contributed by atoms with van der Waals surface area (Å²) in [4.78, 5) is 34.0. The zero-order chi connectivity index (χ0) is 35.1. The lowest BCUT2D eigenvalue weighted by molar-refractivity contribution is -0.124. The van der Waals surface area contributed by atoms with Gasteiger partial charge in [0.25, 0.3) is 0 Å². The highest BCUT2D eigenvalue weighted by Gasteiger charge is 2.51. The van der Waals surface area contributed by atoms with Gasteiger partial charge >= 0.3 is 6.09 Å². The first-order chi connectivity index (χ1) is 24.0. The van der Waals surface area contributed by atoms with Crippen molar-refractivity contribution in [1.29, 1.82) is 0 Å². The number of carbonyl (C=O) groups is 2. The summed E-state index contributed by atoms with van der Waals surface area (Å²) in [6.45, 7) is 9.24. The van der Waals surface area contributed by atoms with Gasteiger partial charge in [0.2, 0.25) is 5.91 Å². The topological polar surface area (TPSA) is 98.6 Å². The maximum Gasteiger partial charge on any atom is 0.407 e. The Morgan fingerprint density at radius 1 is 0.960 bits per heavy atom. The minimum atomic E-state index is -0.309. The van der Waals surface area contributed by atoms with Gasteiger partial charge in [-0.25, -0.2) is 9.78 Å². The maximum absolute atomic E-state index is 14.7. The van der Waals surface area contributed by atoms with Crippen molar-refractivity contribution in [3.63, 3.8) is 0 Å². The van der Waals surface area contributed by atoms with Crippen molar-refractivity contribution in [1.82, 2.24) is 20.1 Å². The number of pyridine rings is 1. The number of carbonyl (C=O) groups excluding carboxylic acids is 2. The SMILES string of the molecule is COc1ccc(C23CCC(CN(C(=O)C4CCC(OC(=O)NC5CCC5)CC4)c4cc(-c5cnn(C(C)(C)C)c5)ccn4)(CC2)CC3)cc1C. The van der Waals surface area contributed by atoms with Crippen LogP contribution in [0, 0.1) is 18.3 Å². The van der Waals surface area contributed by atoms with Crippen LogP contribution in [0.3, 0.4) is 0 Å². The second-order valence-corrected chi connectivity index (χ2v) is 16.8. The van der Waals surface area contributed by atoms with E-state index in [4.69, 9.17) is 14.5 Å². The molecule has 0 spiro atoms. The van der Waals surface area contributed by atoms with Gasteiger partial charge in [-0.3, -0.25) is 14.4 Å². The molecule has 5 aliphatic rings. The molecule has 5 saturated carbocycles. The minimum Gasteiger partial charge on any atom is -0.496 e. The van der Waals surface area contributed by atoms with Crippen LogP contribution in [0.15, 0.2) is 48.9 Å². The molecule has 0 unspecified atom stereocenters.